The van der Waals surface area contributed by atoms with Crippen LogP contribution in [-0.4, -0.2) is 22.0 Å². The van der Waals surface area contributed by atoms with Crippen molar-refractivity contribution < 1.29 is 4.79 Å². The van der Waals surface area contributed by atoms with Gasteiger partial charge in [0, 0.05) is 29.9 Å². The monoisotopic (exact) mass is 375 g/mol. The van der Waals surface area contributed by atoms with Gasteiger partial charge in [0.2, 0.25) is 5.91 Å². The van der Waals surface area contributed by atoms with E-state index in [0.29, 0.717) is 23.1 Å². The molecule has 1 aromatic heterocycles. The van der Waals surface area contributed by atoms with Crippen molar-refractivity contribution in [2.24, 2.45) is 0 Å². The minimum Gasteiger partial charge on any atom is -0.356 e. The number of aryl methyl sites for hydroxylation is 1. The first-order valence-electron chi connectivity index (χ1n) is 8.17. The molecule has 3 rings (SSSR count). The van der Waals surface area contributed by atoms with Crippen LogP contribution in [0.1, 0.15) is 24.7 Å². The largest absolute Gasteiger partial charge is 0.356 e. The highest BCUT2D eigenvalue weighted by atomic mass is 35.5. The van der Waals surface area contributed by atoms with Crippen LogP contribution < -0.4 is 5.32 Å². The van der Waals surface area contributed by atoms with E-state index in [0.717, 1.165) is 35.3 Å². The number of rotatable bonds is 6. The van der Waals surface area contributed by atoms with Gasteiger partial charge in [-0.2, -0.15) is 0 Å². The standard InChI is InChI=1S/C19H19Cl2N3O/c1-13(25)22-10-4-7-19-23-17-5-2-3-6-18(17)24(19)12-14-8-9-15(20)11-16(14)21/h2-3,5-6,8-9,11H,4,7,10,12H2,1H3,(H,22,25). The fraction of sp³-hybridized carbons (Fsp3) is 0.263. The Morgan fingerprint density at radius 1 is 1.20 bits per heavy atom. The molecule has 0 bridgehead atoms. The van der Waals surface area contributed by atoms with Gasteiger partial charge in [-0.05, 0) is 36.2 Å². The third-order valence-electron chi connectivity index (χ3n) is 4.03. The van der Waals surface area contributed by atoms with Gasteiger partial charge in [-0.3, -0.25) is 4.79 Å². The zero-order chi connectivity index (χ0) is 17.8. The Balaban J connectivity index is 1.88. The second kappa shape index (κ2) is 7.89. The number of fused-ring (bicyclic) bond motifs is 1. The molecule has 0 unspecified atom stereocenters. The number of benzene rings is 2. The molecule has 0 aliphatic rings. The molecule has 2 aromatic carbocycles. The molecular formula is C19H19Cl2N3O. The summed E-state index contributed by atoms with van der Waals surface area (Å²) in [6.07, 6.45) is 1.61. The van der Waals surface area contributed by atoms with E-state index in [-0.39, 0.29) is 5.91 Å². The van der Waals surface area contributed by atoms with Crippen molar-refractivity contribution in [2.75, 3.05) is 6.54 Å². The van der Waals surface area contributed by atoms with Crippen molar-refractivity contribution in [3.05, 3.63) is 63.9 Å². The van der Waals surface area contributed by atoms with Gasteiger partial charge >= 0.3 is 0 Å². The average Bonchev–Trinajstić information content (AvgIpc) is 2.92. The van der Waals surface area contributed by atoms with Crippen molar-refractivity contribution in [1.82, 2.24) is 14.9 Å². The van der Waals surface area contributed by atoms with Gasteiger partial charge in [0.25, 0.3) is 0 Å². The Bertz CT molecular complexity index is 905. The van der Waals surface area contributed by atoms with Crippen LogP contribution in [0.3, 0.4) is 0 Å². The zero-order valence-electron chi connectivity index (χ0n) is 13.9. The maximum absolute atomic E-state index is 11.0. The Kier molecular flexibility index (Phi) is 5.61. The first kappa shape index (κ1) is 17.8. The SMILES string of the molecule is CC(=O)NCCCc1nc2ccccc2n1Cc1ccc(Cl)cc1Cl. The van der Waals surface area contributed by atoms with Gasteiger partial charge in [-0.1, -0.05) is 41.4 Å². The molecule has 6 heteroatoms. The number of hydrogen-bond acceptors (Lipinski definition) is 2. The number of carbonyl (C=O) groups excluding carboxylic acids is 1. The average molecular weight is 376 g/mol. The third-order valence-corrected chi connectivity index (χ3v) is 4.62. The summed E-state index contributed by atoms with van der Waals surface area (Å²) in [5.74, 6) is 0.971. The van der Waals surface area contributed by atoms with E-state index in [1.807, 2.05) is 30.3 Å². The minimum atomic E-state index is -0.0125. The van der Waals surface area contributed by atoms with Crippen LogP contribution in [0.5, 0.6) is 0 Å². The van der Waals surface area contributed by atoms with Crippen LogP contribution in [0.2, 0.25) is 10.0 Å². The molecule has 0 fully saturated rings. The van der Waals surface area contributed by atoms with Gasteiger partial charge in [0.15, 0.2) is 0 Å². The van der Waals surface area contributed by atoms with Crippen LogP contribution in [0.4, 0.5) is 0 Å². The number of nitrogens with zero attached hydrogens (tertiary/aromatic N) is 2. The van der Waals surface area contributed by atoms with Crippen LogP contribution in [0, 0.1) is 0 Å². The fourth-order valence-electron chi connectivity index (χ4n) is 2.82. The summed E-state index contributed by atoms with van der Waals surface area (Å²) in [6, 6.07) is 13.6. The van der Waals surface area contributed by atoms with E-state index in [1.54, 1.807) is 6.07 Å². The Morgan fingerprint density at radius 3 is 2.76 bits per heavy atom. The van der Waals surface area contributed by atoms with Gasteiger partial charge < -0.3 is 9.88 Å². The highest BCUT2D eigenvalue weighted by Gasteiger charge is 2.12. The van der Waals surface area contributed by atoms with Crippen molar-refractivity contribution in [2.45, 2.75) is 26.3 Å². The van der Waals surface area contributed by atoms with E-state index in [1.165, 1.54) is 6.92 Å². The quantitative estimate of drug-likeness (QED) is 0.646. The number of carbonyl (C=O) groups is 1. The summed E-state index contributed by atoms with van der Waals surface area (Å²) in [4.78, 5) is 15.8. The number of nitrogens with one attached hydrogen (secondary N) is 1. The van der Waals surface area contributed by atoms with Crippen LogP contribution in [0.25, 0.3) is 11.0 Å². The van der Waals surface area contributed by atoms with Crippen molar-refractivity contribution >= 4 is 40.1 Å². The lowest BCUT2D eigenvalue weighted by molar-refractivity contribution is -0.118. The molecule has 0 aliphatic carbocycles. The first-order valence-corrected chi connectivity index (χ1v) is 8.92. The number of imidazole rings is 1. The van der Waals surface area contributed by atoms with E-state index in [4.69, 9.17) is 28.2 Å². The number of hydrogen-bond donors (Lipinski definition) is 1. The highest BCUT2D eigenvalue weighted by molar-refractivity contribution is 6.35. The second-order valence-electron chi connectivity index (χ2n) is 5.93. The van der Waals surface area contributed by atoms with Crippen LogP contribution in [0.15, 0.2) is 42.5 Å². The molecule has 1 amide bonds. The molecule has 0 saturated heterocycles. The molecular weight excluding hydrogens is 357 g/mol. The Morgan fingerprint density at radius 2 is 2.00 bits per heavy atom. The second-order valence-corrected chi connectivity index (χ2v) is 6.77. The van der Waals surface area contributed by atoms with E-state index < -0.39 is 0 Å². The summed E-state index contributed by atoms with van der Waals surface area (Å²) in [6.45, 7) is 2.80. The summed E-state index contributed by atoms with van der Waals surface area (Å²) >= 11 is 12.3. The number of aromatic nitrogens is 2. The molecule has 0 atom stereocenters. The first-order chi connectivity index (χ1) is 12.0. The lowest BCUT2D eigenvalue weighted by Gasteiger charge is -2.11. The normalized spacial score (nSPS) is 11.0. The molecule has 25 heavy (non-hydrogen) atoms. The molecule has 1 N–H and O–H groups in total. The van der Waals surface area contributed by atoms with Gasteiger partial charge in [0.05, 0.1) is 17.6 Å². The van der Waals surface area contributed by atoms with Crippen LogP contribution in [-0.2, 0) is 17.8 Å². The summed E-state index contributed by atoms with van der Waals surface area (Å²) in [5.41, 5.74) is 3.03. The Labute approximate surface area is 156 Å². The van der Waals surface area contributed by atoms with Gasteiger partial charge in [-0.15, -0.1) is 0 Å². The summed E-state index contributed by atoms with van der Waals surface area (Å²) in [5, 5.41) is 4.09. The third kappa shape index (κ3) is 4.33. The topological polar surface area (TPSA) is 46.9 Å². The minimum absolute atomic E-state index is 0.0125. The predicted octanol–water partition coefficient (Wildman–Crippen LogP) is 4.46. The highest BCUT2D eigenvalue weighted by Crippen LogP contribution is 2.25. The molecule has 3 aromatic rings. The lowest BCUT2D eigenvalue weighted by Crippen LogP contribution is -2.21. The van der Waals surface area contributed by atoms with Gasteiger partial charge in [0.1, 0.15) is 5.82 Å². The molecule has 1 heterocycles. The summed E-state index contributed by atoms with van der Waals surface area (Å²) in [7, 11) is 0. The van der Waals surface area contributed by atoms with Crippen molar-refractivity contribution in [1.29, 1.82) is 0 Å². The predicted molar refractivity (Wildman–Crippen MR) is 102 cm³/mol. The molecule has 0 saturated carbocycles. The number of amides is 1. The molecule has 4 nitrogen and oxygen atoms in total. The Hall–Kier alpha value is -2.04. The van der Waals surface area contributed by atoms with E-state index >= 15 is 0 Å². The molecule has 130 valence electrons. The maximum atomic E-state index is 11.0. The molecule has 0 radical (unpaired) electrons. The number of para-hydroxylation sites is 2. The van der Waals surface area contributed by atoms with Crippen LogP contribution >= 0.6 is 23.2 Å². The fourth-order valence-corrected chi connectivity index (χ4v) is 3.29. The molecule has 0 aliphatic heterocycles. The lowest BCUT2D eigenvalue weighted by atomic mass is 10.2. The zero-order valence-corrected chi connectivity index (χ0v) is 15.4. The smallest absolute Gasteiger partial charge is 0.216 e. The van der Waals surface area contributed by atoms with E-state index in [2.05, 4.69) is 16.0 Å². The van der Waals surface area contributed by atoms with Gasteiger partial charge in [-0.25, -0.2) is 4.98 Å². The number of halogens is 2. The summed E-state index contributed by atoms with van der Waals surface area (Å²) < 4.78 is 2.18. The van der Waals surface area contributed by atoms with Crippen molar-refractivity contribution in [3.63, 3.8) is 0 Å². The van der Waals surface area contributed by atoms with E-state index in [9.17, 15) is 4.79 Å². The maximum Gasteiger partial charge on any atom is 0.216 e. The van der Waals surface area contributed by atoms with Crippen molar-refractivity contribution in [3.8, 4) is 0 Å². The molecule has 0 spiro atoms.